The molecular weight excluding hydrogens is 497 g/mol. The quantitative estimate of drug-likeness (QED) is 0.341. The molecule has 206 valence electrons. The first-order valence-electron chi connectivity index (χ1n) is 13.9. The molecule has 1 amide bonds. The molecule has 2 aromatic carbocycles. The van der Waals surface area contributed by atoms with Gasteiger partial charge in [0.05, 0.1) is 11.1 Å². The monoisotopic (exact) mass is 533 g/mol. The summed E-state index contributed by atoms with van der Waals surface area (Å²) in [4.78, 5) is 29.5. The maximum atomic E-state index is 15.6. The van der Waals surface area contributed by atoms with Crippen LogP contribution >= 0.6 is 0 Å². The second-order valence-corrected chi connectivity index (χ2v) is 11.8. The number of nitrogens with one attached hydrogen (secondary N) is 3. The third-order valence-electron chi connectivity index (χ3n) is 8.07. The zero-order chi connectivity index (χ0) is 27.3. The van der Waals surface area contributed by atoms with E-state index in [2.05, 4.69) is 41.6 Å². The maximum Gasteiger partial charge on any atom is 0.257 e. The molecule has 0 bridgehead atoms. The highest BCUT2D eigenvalue weighted by Gasteiger charge is 2.33. The van der Waals surface area contributed by atoms with Crippen molar-refractivity contribution in [3.63, 3.8) is 0 Å². The van der Waals surface area contributed by atoms with E-state index in [4.69, 9.17) is 4.74 Å². The van der Waals surface area contributed by atoms with E-state index in [0.29, 0.717) is 23.5 Å². The fourth-order valence-corrected chi connectivity index (χ4v) is 6.52. The Labute approximate surface area is 227 Å². The van der Waals surface area contributed by atoms with Gasteiger partial charge in [-0.15, -0.1) is 0 Å². The molecule has 0 radical (unpaired) electrons. The Hall–Kier alpha value is -3.43. The van der Waals surface area contributed by atoms with Crippen molar-refractivity contribution in [3.8, 4) is 17.2 Å². The Kier molecular flexibility index (Phi) is 6.59. The summed E-state index contributed by atoms with van der Waals surface area (Å²) in [7, 11) is 0. The van der Waals surface area contributed by atoms with E-state index in [1.807, 2.05) is 18.2 Å². The molecule has 2 saturated heterocycles. The van der Waals surface area contributed by atoms with Crippen LogP contribution < -0.4 is 26.1 Å². The third-order valence-corrected chi connectivity index (χ3v) is 8.07. The summed E-state index contributed by atoms with van der Waals surface area (Å²) in [6, 6.07) is 8.77. The van der Waals surface area contributed by atoms with Crippen molar-refractivity contribution in [2.45, 2.75) is 64.1 Å². The Morgan fingerprint density at radius 3 is 2.77 bits per heavy atom. The highest BCUT2D eigenvalue weighted by atomic mass is 19.1. The molecule has 39 heavy (non-hydrogen) atoms. The molecule has 3 aliphatic heterocycles. The molecule has 8 nitrogen and oxygen atoms in total. The molecule has 3 aliphatic rings. The van der Waals surface area contributed by atoms with Gasteiger partial charge in [0.15, 0.2) is 17.3 Å². The molecule has 9 heteroatoms. The van der Waals surface area contributed by atoms with Gasteiger partial charge in [0.2, 0.25) is 5.43 Å². The van der Waals surface area contributed by atoms with Gasteiger partial charge >= 0.3 is 0 Å². The van der Waals surface area contributed by atoms with Crippen molar-refractivity contribution in [1.29, 1.82) is 0 Å². The van der Waals surface area contributed by atoms with Crippen LogP contribution in [0.15, 0.2) is 41.3 Å². The number of carbonyl (C=O) groups excluding carboxylic acids is 1. The van der Waals surface area contributed by atoms with Gasteiger partial charge in [-0.05, 0) is 77.7 Å². The number of halogens is 1. The molecule has 3 aromatic rings. The third kappa shape index (κ3) is 4.89. The molecule has 2 fully saturated rings. The van der Waals surface area contributed by atoms with Crippen LogP contribution in [0.3, 0.4) is 0 Å². The first kappa shape index (κ1) is 25.8. The summed E-state index contributed by atoms with van der Waals surface area (Å²) in [5.41, 5.74) is 0.724. The summed E-state index contributed by atoms with van der Waals surface area (Å²) < 4.78 is 23.6. The number of pyridine rings is 1. The summed E-state index contributed by atoms with van der Waals surface area (Å²) in [5.74, 6) is -0.223. The minimum Gasteiger partial charge on any atom is -0.451 e. The first-order chi connectivity index (χ1) is 18.7. The smallest absolute Gasteiger partial charge is 0.257 e. The number of ether oxygens (including phenoxy) is 1. The van der Waals surface area contributed by atoms with Crippen molar-refractivity contribution >= 4 is 22.5 Å². The van der Waals surface area contributed by atoms with Crippen LogP contribution in [0.1, 0.15) is 56.8 Å². The number of nitrogens with zero attached hydrogens (tertiary/aromatic N) is 2. The average Bonchev–Trinajstić information content (AvgIpc) is 3.39. The number of piperidine rings is 1. The van der Waals surface area contributed by atoms with Gasteiger partial charge in [0, 0.05) is 36.9 Å². The number of rotatable bonds is 6. The topological polar surface area (TPSA) is 87.6 Å². The minimum absolute atomic E-state index is 0.0108. The molecule has 2 atom stereocenters. The van der Waals surface area contributed by atoms with Crippen LogP contribution in [-0.2, 0) is 0 Å². The van der Waals surface area contributed by atoms with Gasteiger partial charge in [-0.3, -0.25) is 9.59 Å². The number of benzene rings is 2. The van der Waals surface area contributed by atoms with Crippen molar-refractivity contribution < 1.29 is 13.9 Å². The lowest BCUT2D eigenvalue weighted by molar-refractivity contribution is 0.0904. The summed E-state index contributed by atoms with van der Waals surface area (Å²) in [5, 5.41) is 9.96. The van der Waals surface area contributed by atoms with Crippen LogP contribution in [0.5, 0.6) is 11.5 Å². The van der Waals surface area contributed by atoms with Gasteiger partial charge in [0.25, 0.3) is 5.91 Å². The SMILES string of the molecule is CC1CC(NC(=O)c2cn3c4c(c(NCCN5CCCC5)c(F)cc4c2=O)Oc2ccccc2-3)CC(C)(C)N1. The molecule has 3 N–H and O–H groups in total. The second kappa shape index (κ2) is 9.95. The number of hydrogen-bond donors (Lipinski definition) is 3. The van der Waals surface area contributed by atoms with Gasteiger partial charge in [-0.1, -0.05) is 12.1 Å². The van der Waals surface area contributed by atoms with Gasteiger partial charge in [0.1, 0.15) is 16.8 Å². The standard InChI is InChI=1S/C30H36FN5O3/c1-18-14-19(16-30(2,3)34-18)33-29(38)21-17-36-23-8-4-5-9-24(23)39-28-25(32-10-13-35-11-6-7-12-35)22(31)15-20(26(28)36)27(21)37/h4-5,8-9,15,17-19,32,34H,6-7,10-14,16H2,1-3H3,(H,33,38). The zero-order valence-electron chi connectivity index (χ0n) is 22.8. The predicted octanol–water partition coefficient (Wildman–Crippen LogP) is 4.39. The lowest BCUT2D eigenvalue weighted by Gasteiger charge is -2.40. The van der Waals surface area contributed by atoms with Crippen LogP contribution in [-0.4, -0.2) is 59.2 Å². The van der Waals surface area contributed by atoms with Crippen molar-refractivity contribution in [3.05, 3.63) is 58.1 Å². The number of aromatic nitrogens is 1. The van der Waals surface area contributed by atoms with Gasteiger partial charge in [-0.25, -0.2) is 4.39 Å². The Morgan fingerprint density at radius 2 is 2.00 bits per heavy atom. The first-order valence-corrected chi connectivity index (χ1v) is 13.9. The van der Waals surface area contributed by atoms with Crippen molar-refractivity contribution in [2.24, 2.45) is 0 Å². The van der Waals surface area contributed by atoms with E-state index >= 15 is 4.39 Å². The molecule has 6 rings (SSSR count). The molecule has 0 aliphatic carbocycles. The molecular formula is C30H36FN5O3. The normalized spacial score (nSPS) is 21.8. The Balaban J connectivity index is 1.40. The van der Waals surface area contributed by atoms with Gasteiger partial charge < -0.3 is 30.2 Å². The van der Waals surface area contributed by atoms with E-state index in [-0.39, 0.29) is 40.0 Å². The molecule has 0 spiro atoms. The van der Waals surface area contributed by atoms with Crippen molar-refractivity contribution in [1.82, 2.24) is 20.1 Å². The lowest BCUT2D eigenvalue weighted by Crippen LogP contribution is -2.57. The Morgan fingerprint density at radius 1 is 1.23 bits per heavy atom. The fourth-order valence-electron chi connectivity index (χ4n) is 6.52. The molecule has 2 unspecified atom stereocenters. The van der Waals surface area contributed by atoms with E-state index in [1.54, 1.807) is 16.8 Å². The van der Waals surface area contributed by atoms with E-state index in [1.165, 1.54) is 18.9 Å². The second-order valence-electron chi connectivity index (χ2n) is 11.8. The van der Waals surface area contributed by atoms with Crippen LogP contribution in [0, 0.1) is 5.82 Å². The number of fused-ring (bicyclic) bond motifs is 2. The van der Waals surface area contributed by atoms with Crippen LogP contribution in [0.25, 0.3) is 16.6 Å². The Bertz CT molecular complexity index is 1490. The average molecular weight is 534 g/mol. The highest BCUT2D eigenvalue weighted by molar-refractivity contribution is 6.01. The number of anilines is 1. The number of amides is 1. The lowest BCUT2D eigenvalue weighted by atomic mass is 9.86. The fraction of sp³-hybridized carbons (Fsp3) is 0.467. The molecule has 4 heterocycles. The van der Waals surface area contributed by atoms with Gasteiger partial charge in [-0.2, -0.15) is 0 Å². The molecule has 0 saturated carbocycles. The van der Waals surface area contributed by atoms with E-state index < -0.39 is 17.2 Å². The number of para-hydroxylation sites is 2. The van der Waals surface area contributed by atoms with E-state index in [9.17, 15) is 9.59 Å². The van der Waals surface area contributed by atoms with E-state index in [0.717, 1.165) is 32.5 Å². The highest BCUT2D eigenvalue weighted by Crippen LogP contribution is 2.45. The van der Waals surface area contributed by atoms with Crippen LogP contribution in [0.2, 0.25) is 0 Å². The maximum absolute atomic E-state index is 15.6. The zero-order valence-corrected chi connectivity index (χ0v) is 22.8. The largest absolute Gasteiger partial charge is 0.451 e. The summed E-state index contributed by atoms with van der Waals surface area (Å²) in [6.07, 6.45) is 5.45. The minimum atomic E-state index is -0.576. The predicted molar refractivity (Wildman–Crippen MR) is 151 cm³/mol. The summed E-state index contributed by atoms with van der Waals surface area (Å²) in [6.45, 7) is 9.76. The number of hydrogen-bond acceptors (Lipinski definition) is 6. The van der Waals surface area contributed by atoms with Crippen molar-refractivity contribution in [2.75, 3.05) is 31.5 Å². The van der Waals surface area contributed by atoms with Crippen LogP contribution in [0.4, 0.5) is 10.1 Å². The number of likely N-dealkylation sites (tertiary alicyclic amines) is 1. The number of carbonyl (C=O) groups is 1. The molecule has 1 aromatic heterocycles. The summed E-state index contributed by atoms with van der Waals surface area (Å²) >= 11 is 0.